The molecule has 0 amide bonds. The van der Waals surface area contributed by atoms with Gasteiger partial charge in [0.15, 0.2) is 0 Å². The van der Waals surface area contributed by atoms with E-state index in [0.29, 0.717) is 13.0 Å². The van der Waals surface area contributed by atoms with Crippen LogP contribution in [0.5, 0.6) is 0 Å². The highest BCUT2D eigenvalue weighted by molar-refractivity contribution is 7.89. The Morgan fingerprint density at radius 2 is 2.17 bits per heavy atom. The van der Waals surface area contributed by atoms with Gasteiger partial charge >= 0.3 is 5.97 Å². The zero-order valence-corrected chi connectivity index (χ0v) is 14.9. The number of hydrogen-bond acceptors (Lipinski definition) is 4. The van der Waals surface area contributed by atoms with Crippen LogP contribution in [0, 0.1) is 11.7 Å². The highest BCUT2D eigenvalue weighted by Crippen LogP contribution is 2.31. The van der Waals surface area contributed by atoms with Gasteiger partial charge in [-0.3, -0.25) is 4.79 Å². The van der Waals surface area contributed by atoms with E-state index in [1.165, 1.54) is 7.05 Å². The molecule has 6 nitrogen and oxygen atoms in total. The van der Waals surface area contributed by atoms with Gasteiger partial charge in [-0.2, -0.15) is 4.31 Å². The van der Waals surface area contributed by atoms with E-state index in [4.69, 9.17) is 21.4 Å². The number of aliphatic carboxylic acids is 1. The summed E-state index contributed by atoms with van der Waals surface area (Å²) in [6.07, 6.45) is 0.122. The maximum absolute atomic E-state index is 13.9. The van der Waals surface area contributed by atoms with Gasteiger partial charge in [0.1, 0.15) is 10.7 Å². The van der Waals surface area contributed by atoms with Crippen LogP contribution in [0.3, 0.4) is 0 Å². The van der Waals surface area contributed by atoms with Crippen LogP contribution in [-0.2, 0) is 26.0 Å². The van der Waals surface area contributed by atoms with Crippen LogP contribution in [0.2, 0.25) is 5.02 Å². The summed E-state index contributed by atoms with van der Waals surface area (Å²) in [7, 11) is -2.63. The van der Waals surface area contributed by atoms with Crippen LogP contribution in [0.25, 0.3) is 0 Å². The van der Waals surface area contributed by atoms with Gasteiger partial charge < -0.3 is 9.84 Å². The highest BCUT2D eigenvalue weighted by Gasteiger charge is 2.32. The van der Waals surface area contributed by atoms with Crippen molar-refractivity contribution in [3.05, 3.63) is 28.5 Å². The van der Waals surface area contributed by atoms with Gasteiger partial charge in [0.25, 0.3) is 0 Å². The van der Waals surface area contributed by atoms with E-state index in [1.54, 1.807) is 6.92 Å². The lowest BCUT2D eigenvalue weighted by Crippen LogP contribution is -2.31. The Bertz CT molecular complexity index is 736. The van der Waals surface area contributed by atoms with Crippen molar-refractivity contribution in [3.63, 3.8) is 0 Å². The summed E-state index contributed by atoms with van der Waals surface area (Å²) >= 11 is 6.17. The molecular formula is C15H19ClFNO5S. The van der Waals surface area contributed by atoms with Crippen molar-refractivity contribution in [2.45, 2.75) is 30.8 Å². The first-order chi connectivity index (χ1) is 11.2. The van der Waals surface area contributed by atoms with Crippen molar-refractivity contribution in [2.24, 2.45) is 5.92 Å². The number of likely N-dealkylation sites (N-methyl/N-ethyl adjacent to an activating group) is 1. The van der Waals surface area contributed by atoms with Crippen LogP contribution in [-0.4, -0.2) is 50.1 Å². The SMILES string of the molecule is CCC(Cc1cc(F)cc(S(=O)(=O)N(C)CC2CO2)c1Cl)C(=O)O. The van der Waals surface area contributed by atoms with Crippen LogP contribution in [0.4, 0.5) is 4.39 Å². The average Bonchev–Trinajstić information content (AvgIpc) is 3.30. The van der Waals surface area contributed by atoms with Crippen molar-refractivity contribution in [1.29, 1.82) is 0 Å². The van der Waals surface area contributed by atoms with Gasteiger partial charge in [-0.25, -0.2) is 12.8 Å². The fourth-order valence-corrected chi connectivity index (χ4v) is 4.15. The second-order valence-corrected chi connectivity index (χ2v) is 8.16. The summed E-state index contributed by atoms with van der Waals surface area (Å²) in [5, 5.41) is 9.00. The topological polar surface area (TPSA) is 87.2 Å². The molecule has 1 fully saturated rings. The Kier molecular flexibility index (Phi) is 5.85. The number of benzene rings is 1. The predicted molar refractivity (Wildman–Crippen MR) is 86.1 cm³/mol. The molecule has 24 heavy (non-hydrogen) atoms. The fraction of sp³-hybridized carbons (Fsp3) is 0.533. The van der Waals surface area contributed by atoms with Gasteiger partial charge in [0.2, 0.25) is 10.0 Å². The molecule has 2 rings (SSSR count). The number of sulfonamides is 1. The minimum absolute atomic E-state index is 0.0413. The first-order valence-electron chi connectivity index (χ1n) is 7.45. The maximum atomic E-state index is 13.9. The molecule has 1 aromatic rings. The third-order valence-corrected chi connectivity index (χ3v) is 6.34. The van der Waals surface area contributed by atoms with Crippen molar-refractivity contribution < 1.29 is 27.4 Å². The molecule has 0 spiro atoms. The first-order valence-corrected chi connectivity index (χ1v) is 9.27. The molecule has 0 saturated carbocycles. The molecule has 0 aliphatic carbocycles. The molecular weight excluding hydrogens is 361 g/mol. The fourth-order valence-electron chi connectivity index (χ4n) is 2.35. The summed E-state index contributed by atoms with van der Waals surface area (Å²) in [5.41, 5.74) is 0.167. The third-order valence-electron chi connectivity index (χ3n) is 3.94. The molecule has 134 valence electrons. The molecule has 0 aromatic heterocycles. The molecule has 1 N–H and O–H groups in total. The van der Waals surface area contributed by atoms with E-state index in [2.05, 4.69) is 0 Å². The lowest BCUT2D eigenvalue weighted by molar-refractivity contribution is -0.141. The standard InChI is InChI=1S/C15H19ClFNO5S/c1-3-9(15(19)20)4-10-5-11(17)6-13(14(10)16)24(21,22)18(2)7-12-8-23-12/h5-6,9,12H,3-4,7-8H2,1-2H3,(H,19,20). The van der Waals surface area contributed by atoms with E-state index >= 15 is 0 Å². The maximum Gasteiger partial charge on any atom is 0.306 e. The van der Waals surface area contributed by atoms with E-state index in [-0.39, 0.29) is 34.6 Å². The van der Waals surface area contributed by atoms with Crippen LogP contribution < -0.4 is 0 Å². The summed E-state index contributed by atoms with van der Waals surface area (Å²) in [5.74, 6) is -2.58. The Morgan fingerprint density at radius 1 is 1.54 bits per heavy atom. The van der Waals surface area contributed by atoms with Crippen LogP contribution in [0.1, 0.15) is 18.9 Å². The normalized spacial score (nSPS) is 18.6. The number of nitrogens with zero attached hydrogens (tertiary/aromatic N) is 1. The van der Waals surface area contributed by atoms with Gasteiger partial charge in [0.05, 0.1) is 23.7 Å². The van der Waals surface area contributed by atoms with Gasteiger partial charge in [0, 0.05) is 13.6 Å². The second kappa shape index (κ2) is 7.35. The van der Waals surface area contributed by atoms with E-state index in [0.717, 1.165) is 16.4 Å². The summed E-state index contributed by atoms with van der Waals surface area (Å²) in [6.45, 7) is 2.32. The number of carboxylic acid groups (broad SMARTS) is 1. The molecule has 1 aliphatic heterocycles. The van der Waals surface area contributed by atoms with E-state index in [9.17, 15) is 17.6 Å². The molecule has 2 unspecified atom stereocenters. The smallest absolute Gasteiger partial charge is 0.306 e. The number of ether oxygens (including phenoxy) is 1. The Morgan fingerprint density at radius 3 is 2.67 bits per heavy atom. The number of halogens is 2. The zero-order chi connectivity index (χ0) is 18.1. The zero-order valence-electron chi connectivity index (χ0n) is 13.3. The molecule has 1 saturated heterocycles. The summed E-state index contributed by atoms with van der Waals surface area (Å²) < 4.78 is 45.2. The lowest BCUT2D eigenvalue weighted by Gasteiger charge is -2.19. The summed E-state index contributed by atoms with van der Waals surface area (Å²) in [6, 6.07) is 1.93. The molecule has 0 bridgehead atoms. The van der Waals surface area contributed by atoms with Crippen molar-refractivity contribution >= 4 is 27.6 Å². The molecule has 1 aliphatic rings. The number of carboxylic acids is 1. The van der Waals surface area contributed by atoms with Crippen molar-refractivity contribution in [2.75, 3.05) is 20.2 Å². The van der Waals surface area contributed by atoms with Crippen molar-refractivity contribution in [3.8, 4) is 0 Å². The summed E-state index contributed by atoms with van der Waals surface area (Å²) in [4.78, 5) is 10.8. The first kappa shape index (κ1) is 19.1. The largest absolute Gasteiger partial charge is 0.481 e. The van der Waals surface area contributed by atoms with Gasteiger partial charge in [-0.1, -0.05) is 18.5 Å². The molecule has 1 heterocycles. The van der Waals surface area contributed by atoms with Crippen LogP contribution in [0.15, 0.2) is 17.0 Å². The van der Waals surface area contributed by atoms with Crippen LogP contribution >= 0.6 is 11.6 Å². The molecule has 1 aromatic carbocycles. The Labute approximate surface area is 145 Å². The predicted octanol–water partition coefficient (Wildman–Crippen LogP) is 2.15. The number of epoxide rings is 1. The minimum Gasteiger partial charge on any atom is -0.481 e. The molecule has 0 radical (unpaired) electrons. The monoisotopic (exact) mass is 379 g/mol. The molecule has 9 heteroatoms. The van der Waals surface area contributed by atoms with E-state index in [1.807, 2.05) is 0 Å². The lowest BCUT2D eigenvalue weighted by atomic mass is 9.97. The van der Waals surface area contributed by atoms with Gasteiger partial charge in [-0.05, 0) is 30.5 Å². The Hall–Kier alpha value is -1.22. The third kappa shape index (κ3) is 4.24. The highest BCUT2D eigenvalue weighted by atomic mass is 35.5. The second-order valence-electron chi connectivity index (χ2n) is 5.77. The number of hydrogen-bond donors (Lipinski definition) is 1. The Balaban J connectivity index is 2.38. The average molecular weight is 380 g/mol. The minimum atomic E-state index is -4.00. The number of carbonyl (C=O) groups is 1. The quantitative estimate of drug-likeness (QED) is 0.699. The molecule has 2 atom stereocenters. The van der Waals surface area contributed by atoms with Gasteiger partial charge in [-0.15, -0.1) is 0 Å². The van der Waals surface area contributed by atoms with Crippen molar-refractivity contribution in [1.82, 2.24) is 4.31 Å². The number of rotatable bonds is 8. The van der Waals surface area contributed by atoms with E-state index < -0.39 is 27.7 Å².